The Bertz CT molecular complexity index is 2150. The maximum absolute atomic E-state index is 13.6. The van der Waals surface area contributed by atoms with Crippen LogP contribution in [0.15, 0.2) is 72.8 Å². The summed E-state index contributed by atoms with van der Waals surface area (Å²) in [5.41, 5.74) is 4.77. The van der Waals surface area contributed by atoms with E-state index in [1.165, 1.54) is 9.59 Å². The van der Waals surface area contributed by atoms with Crippen molar-refractivity contribution in [2.75, 3.05) is 0 Å². The number of carbonyl (C=O) groups is 2. The Morgan fingerprint density at radius 1 is 0.653 bits per heavy atom. The third-order valence-corrected chi connectivity index (χ3v) is 8.69. The highest BCUT2D eigenvalue weighted by Gasteiger charge is 2.31. The Morgan fingerprint density at radius 3 is 1.43 bits per heavy atom. The number of hydrogen-bond acceptors (Lipinski definition) is 8. The molecule has 0 aliphatic rings. The van der Waals surface area contributed by atoms with Gasteiger partial charge in [0.1, 0.15) is 56.6 Å². The molecular formula is C38H39N6O5. The second-order valence-corrected chi connectivity index (χ2v) is 14.5. The largest absolute Gasteiger partial charge is 0.505 e. The second kappa shape index (κ2) is 12.5. The van der Waals surface area contributed by atoms with Gasteiger partial charge in [-0.2, -0.15) is 0 Å². The first-order chi connectivity index (χ1) is 23.1. The van der Waals surface area contributed by atoms with Crippen LogP contribution in [0.2, 0.25) is 0 Å². The molecule has 0 aliphatic carbocycles. The molecule has 1 radical (unpaired) electrons. The second-order valence-electron chi connectivity index (χ2n) is 14.5. The molecule has 1 unspecified atom stereocenters. The Balaban J connectivity index is 1.30. The summed E-state index contributed by atoms with van der Waals surface area (Å²) in [5.74, 6) is -3.40. The lowest BCUT2D eigenvalue weighted by Crippen LogP contribution is -2.26. The molecular weight excluding hydrogens is 620 g/mol. The smallest absolute Gasteiger partial charge is 0.366 e. The molecule has 2 heterocycles. The van der Waals surface area contributed by atoms with Crippen molar-refractivity contribution in [2.24, 2.45) is 5.92 Å². The minimum atomic E-state index is -1.48. The first kappa shape index (κ1) is 33.3. The van der Waals surface area contributed by atoms with E-state index in [9.17, 15) is 24.9 Å². The summed E-state index contributed by atoms with van der Waals surface area (Å²) in [6.07, 6.45) is -0.00205. The number of carbonyl (C=O) groups excluding carboxylic acids is 2. The number of rotatable bonds is 9. The maximum Gasteiger partial charge on any atom is 0.366 e. The van der Waals surface area contributed by atoms with Gasteiger partial charge >= 0.3 is 5.97 Å². The normalized spacial score (nSPS) is 12.9. The van der Waals surface area contributed by atoms with E-state index in [4.69, 9.17) is 0 Å². The third-order valence-electron chi connectivity index (χ3n) is 8.69. The van der Waals surface area contributed by atoms with Crippen LogP contribution >= 0.6 is 0 Å². The quantitative estimate of drug-likeness (QED) is 0.167. The van der Waals surface area contributed by atoms with Crippen LogP contribution in [0, 0.1) is 5.92 Å². The van der Waals surface area contributed by atoms with Crippen LogP contribution in [-0.2, 0) is 38.4 Å². The van der Waals surface area contributed by atoms with E-state index in [-0.39, 0.29) is 36.4 Å². The summed E-state index contributed by atoms with van der Waals surface area (Å²) in [4.78, 5) is 28.8. The molecule has 0 saturated carbocycles. The van der Waals surface area contributed by atoms with Gasteiger partial charge in [0.2, 0.25) is 0 Å². The predicted molar refractivity (Wildman–Crippen MR) is 185 cm³/mol. The summed E-state index contributed by atoms with van der Waals surface area (Å²) in [7, 11) is 0. The fraction of sp³-hybridized carbons (Fsp3) is 0.316. The molecule has 11 heteroatoms. The van der Waals surface area contributed by atoms with E-state index < -0.39 is 28.5 Å². The van der Waals surface area contributed by atoms with Crippen molar-refractivity contribution in [3.05, 3.63) is 95.1 Å². The van der Waals surface area contributed by atoms with Crippen LogP contribution in [0.1, 0.15) is 70.2 Å². The lowest BCUT2D eigenvalue weighted by molar-refractivity contribution is -0.151. The average Bonchev–Trinajstić information content (AvgIpc) is 3.67. The lowest BCUT2D eigenvalue weighted by atomic mass is 9.82. The van der Waals surface area contributed by atoms with Crippen LogP contribution in [0.3, 0.4) is 0 Å². The zero-order valence-electron chi connectivity index (χ0n) is 28.4. The average molecular weight is 660 g/mol. The minimum Gasteiger partial charge on any atom is -0.505 e. The molecule has 6 aromatic rings. The summed E-state index contributed by atoms with van der Waals surface area (Å²) in [6, 6.07) is 21.6. The van der Waals surface area contributed by atoms with Crippen LogP contribution in [0.25, 0.3) is 33.4 Å². The fourth-order valence-corrected chi connectivity index (χ4v) is 6.01. The summed E-state index contributed by atoms with van der Waals surface area (Å²) in [6.45, 7) is 11.7. The van der Waals surface area contributed by atoms with E-state index in [1.54, 1.807) is 18.2 Å². The molecule has 0 bridgehead atoms. The summed E-state index contributed by atoms with van der Waals surface area (Å²) >= 11 is 0. The van der Waals surface area contributed by atoms with Gasteiger partial charge in [-0.3, -0.25) is 4.79 Å². The minimum absolute atomic E-state index is 0.0229. The molecule has 49 heavy (non-hydrogen) atoms. The standard InChI is InChI=1S/C38H39N6O5/c1-37(2,3)25-18-22(20-31(34(25)46)43-39-27-11-7-8-12-28(27)40-43)15-16-33(45)24(36(48)49)17-23-19-26(38(4,5)6)35(47)32(21-23)44-41-29-13-9-10-14-30(29)42-44/h7-14,18-21,24,46-47H,15-17H2,1-6H3. The Hall–Kier alpha value is -5.58. The molecule has 2 aromatic heterocycles. The van der Waals surface area contributed by atoms with Crippen LogP contribution < -0.4 is 0 Å². The van der Waals surface area contributed by atoms with Crippen molar-refractivity contribution < 1.29 is 24.9 Å². The van der Waals surface area contributed by atoms with Crippen molar-refractivity contribution in [1.29, 1.82) is 0 Å². The molecule has 6 rings (SSSR count). The number of aromatic hydroxyl groups is 2. The summed E-state index contributed by atoms with van der Waals surface area (Å²) < 4.78 is 0. The van der Waals surface area contributed by atoms with E-state index in [0.717, 1.165) is 5.56 Å². The zero-order valence-corrected chi connectivity index (χ0v) is 28.4. The topological polar surface area (TPSA) is 156 Å². The number of aryl methyl sites for hydroxylation is 1. The number of Topliss-reactive ketones (excluding diaryl/α,β-unsaturated/α-hetero) is 1. The molecule has 11 nitrogen and oxygen atoms in total. The van der Waals surface area contributed by atoms with Gasteiger partial charge in [0.25, 0.3) is 0 Å². The van der Waals surface area contributed by atoms with E-state index in [0.29, 0.717) is 44.4 Å². The van der Waals surface area contributed by atoms with Crippen molar-refractivity contribution in [3.8, 4) is 22.9 Å². The highest BCUT2D eigenvalue weighted by atomic mass is 16.4. The van der Waals surface area contributed by atoms with Crippen molar-refractivity contribution in [3.63, 3.8) is 0 Å². The molecule has 251 valence electrons. The number of hydrogen-bond donors (Lipinski definition) is 2. The van der Waals surface area contributed by atoms with Crippen molar-refractivity contribution in [1.82, 2.24) is 30.0 Å². The van der Waals surface area contributed by atoms with Crippen LogP contribution in [-0.4, -0.2) is 52.0 Å². The number of nitrogens with zero attached hydrogens (tertiary/aromatic N) is 6. The Labute approximate surface area is 283 Å². The van der Waals surface area contributed by atoms with Crippen LogP contribution in [0.5, 0.6) is 11.5 Å². The molecule has 0 saturated heterocycles. The highest BCUT2D eigenvalue weighted by molar-refractivity contribution is 5.98. The number of fused-ring (bicyclic) bond motifs is 2. The van der Waals surface area contributed by atoms with Gasteiger partial charge < -0.3 is 10.2 Å². The van der Waals surface area contributed by atoms with Crippen molar-refractivity contribution in [2.45, 2.75) is 71.6 Å². The first-order valence-electron chi connectivity index (χ1n) is 16.2. The number of phenolic OH excluding ortho intramolecular Hbond substituents is 2. The first-order valence-corrected chi connectivity index (χ1v) is 16.2. The van der Waals surface area contributed by atoms with Gasteiger partial charge in [-0.15, -0.1) is 30.0 Å². The molecule has 2 N–H and O–H groups in total. The van der Waals surface area contributed by atoms with Gasteiger partial charge in [-0.25, -0.2) is 9.90 Å². The van der Waals surface area contributed by atoms with Gasteiger partial charge in [0.15, 0.2) is 0 Å². The number of ketones is 1. The van der Waals surface area contributed by atoms with Gasteiger partial charge in [-0.05, 0) is 71.2 Å². The third kappa shape index (κ3) is 6.74. The highest BCUT2D eigenvalue weighted by Crippen LogP contribution is 2.38. The molecule has 4 aromatic carbocycles. The SMILES string of the molecule is CC(C)(C)c1cc(CCC(=O)C(Cc2cc(-n3nc4ccccc4n3)c(O)c(C(C)(C)C)c2)C([O])=O)cc(-n2nc3ccccc3n2)c1O. The predicted octanol–water partition coefficient (Wildman–Crippen LogP) is 6.48. The molecule has 0 fully saturated rings. The molecule has 0 aliphatic heterocycles. The van der Waals surface area contributed by atoms with Gasteiger partial charge in [-0.1, -0.05) is 77.9 Å². The van der Waals surface area contributed by atoms with Crippen molar-refractivity contribution >= 4 is 33.8 Å². The number of phenols is 2. The zero-order chi connectivity index (χ0) is 35.2. The molecule has 1 atom stereocenters. The number of benzene rings is 4. The Kier molecular flexibility index (Phi) is 8.48. The van der Waals surface area contributed by atoms with Crippen LogP contribution in [0.4, 0.5) is 0 Å². The van der Waals surface area contributed by atoms with E-state index in [2.05, 4.69) is 20.4 Å². The fourth-order valence-electron chi connectivity index (χ4n) is 6.01. The monoisotopic (exact) mass is 659 g/mol. The number of aromatic nitrogens is 6. The van der Waals surface area contributed by atoms with E-state index >= 15 is 0 Å². The maximum atomic E-state index is 13.6. The van der Waals surface area contributed by atoms with E-state index in [1.807, 2.05) is 96.1 Å². The lowest BCUT2D eigenvalue weighted by Gasteiger charge is -2.24. The molecule has 0 amide bonds. The summed E-state index contributed by atoms with van der Waals surface area (Å²) in [5, 5.41) is 53.2. The van der Waals surface area contributed by atoms with Gasteiger partial charge in [0, 0.05) is 17.5 Å². The van der Waals surface area contributed by atoms with Gasteiger partial charge in [0.05, 0.1) is 0 Å². The Morgan fingerprint density at radius 2 is 1.04 bits per heavy atom. The molecule has 0 spiro atoms.